The molecule has 1 heterocycles. The molecule has 0 saturated carbocycles. The number of ether oxygens (including phenoxy) is 1. The standard InChI is InChI=1S/C25H33N3O3/c1-25(2,3)24(30)31-17-23(29)26-16-22(19-10-12-20(13-11-19)27(4)5)28-15-14-18-8-6-7-9-21(18)28/h6-13,22H,14-17H2,1-5H3,(H,26,29). The quantitative estimate of drug-likeness (QED) is 0.690. The third kappa shape index (κ3) is 5.57. The molecule has 0 spiro atoms. The van der Waals surface area contributed by atoms with Gasteiger partial charge in [0.25, 0.3) is 5.91 Å². The number of nitrogens with zero attached hydrogens (tertiary/aromatic N) is 2. The molecule has 0 radical (unpaired) electrons. The molecule has 0 bridgehead atoms. The van der Waals surface area contributed by atoms with Crippen molar-refractivity contribution in [1.29, 1.82) is 0 Å². The molecule has 1 unspecified atom stereocenters. The van der Waals surface area contributed by atoms with Gasteiger partial charge in [-0.1, -0.05) is 30.3 Å². The number of fused-ring (bicyclic) bond motifs is 1. The second-order valence-electron chi connectivity index (χ2n) is 9.20. The number of para-hydroxylation sites is 1. The van der Waals surface area contributed by atoms with E-state index in [0.717, 1.165) is 24.2 Å². The minimum Gasteiger partial charge on any atom is -0.455 e. The van der Waals surface area contributed by atoms with Gasteiger partial charge in [0.2, 0.25) is 0 Å². The van der Waals surface area contributed by atoms with Gasteiger partial charge in [0, 0.05) is 38.6 Å². The third-order valence-electron chi connectivity index (χ3n) is 5.53. The molecule has 1 aliphatic rings. The Kier molecular flexibility index (Phi) is 6.88. The van der Waals surface area contributed by atoms with Gasteiger partial charge in [-0.15, -0.1) is 0 Å². The van der Waals surface area contributed by atoms with Crippen LogP contribution in [0.5, 0.6) is 0 Å². The summed E-state index contributed by atoms with van der Waals surface area (Å²) in [6, 6.07) is 16.8. The number of carbonyl (C=O) groups is 2. The number of nitrogens with one attached hydrogen (secondary N) is 1. The summed E-state index contributed by atoms with van der Waals surface area (Å²) < 4.78 is 5.16. The summed E-state index contributed by atoms with van der Waals surface area (Å²) in [5, 5.41) is 2.96. The zero-order chi connectivity index (χ0) is 22.6. The molecular weight excluding hydrogens is 390 g/mol. The number of benzene rings is 2. The predicted molar refractivity (Wildman–Crippen MR) is 124 cm³/mol. The summed E-state index contributed by atoms with van der Waals surface area (Å²) in [5.41, 5.74) is 4.16. The highest BCUT2D eigenvalue weighted by Crippen LogP contribution is 2.35. The summed E-state index contributed by atoms with van der Waals surface area (Å²) in [6.07, 6.45) is 0.986. The molecule has 2 aromatic carbocycles. The first kappa shape index (κ1) is 22.7. The first-order valence-electron chi connectivity index (χ1n) is 10.7. The van der Waals surface area contributed by atoms with Crippen LogP contribution in [-0.2, 0) is 20.7 Å². The van der Waals surface area contributed by atoms with E-state index in [1.54, 1.807) is 20.8 Å². The van der Waals surface area contributed by atoms with Crippen LogP contribution in [0.15, 0.2) is 48.5 Å². The molecule has 6 nitrogen and oxygen atoms in total. The highest BCUT2D eigenvalue weighted by molar-refractivity contribution is 5.82. The molecule has 0 aliphatic carbocycles. The predicted octanol–water partition coefficient (Wildman–Crippen LogP) is 3.56. The van der Waals surface area contributed by atoms with Crippen molar-refractivity contribution in [2.75, 3.05) is 43.6 Å². The monoisotopic (exact) mass is 423 g/mol. The molecule has 166 valence electrons. The summed E-state index contributed by atoms with van der Waals surface area (Å²) >= 11 is 0. The van der Waals surface area contributed by atoms with Gasteiger partial charge in [-0.3, -0.25) is 9.59 Å². The van der Waals surface area contributed by atoms with Crippen LogP contribution < -0.4 is 15.1 Å². The minimum atomic E-state index is -0.629. The maximum Gasteiger partial charge on any atom is 0.311 e. The Morgan fingerprint density at radius 2 is 1.77 bits per heavy atom. The van der Waals surface area contributed by atoms with Gasteiger partial charge in [-0.25, -0.2) is 0 Å². The molecule has 3 rings (SSSR count). The fraction of sp³-hybridized carbons (Fsp3) is 0.440. The lowest BCUT2D eigenvalue weighted by molar-refractivity contribution is -0.156. The maximum atomic E-state index is 12.4. The van der Waals surface area contributed by atoms with E-state index in [9.17, 15) is 9.59 Å². The van der Waals surface area contributed by atoms with Crippen molar-refractivity contribution in [2.45, 2.75) is 33.2 Å². The van der Waals surface area contributed by atoms with Crippen LogP contribution in [0.25, 0.3) is 0 Å². The van der Waals surface area contributed by atoms with Crippen molar-refractivity contribution in [3.8, 4) is 0 Å². The number of esters is 1. The topological polar surface area (TPSA) is 61.9 Å². The van der Waals surface area contributed by atoms with Gasteiger partial charge in [-0.2, -0.15) is 0 Å². The SMILES string of the molecule is CN(C)c1ccc(C(CNC(=O)COC(=O)C(C)(C)C)N2CCc3ccccc32)cc1. The molecule has 1 atom stereocenters. The van der Waals surface area contributed by atoms with Crippen molar-refractivity contribution in [1.82, 2.24) is 5.32 Å². The Morgan fingerprint density at radius 1 is 1.10 bits per heavy atom. The van der Waals surface area contributed by atoms with E-state index in [1.165, 1.54) is 11.3 Å². The van der Waals surface area contributed by atoms with Crippen LogP contribution in [0.3, 0.4) is 0 Å². The van der Waals surface area contributed by atoms with Gasteiger partial charge in [0.15, 0.2) is 6.61 Å². The van der Waals surface area contributed by atoms with Gasteiger partial charge >= 0.3 is 5.97 Å². The minimum absolute atomic E-state index is 0.0119. The van der Waals surface area contributed by atoms with E-state index in [4.69, 9.17) is 4.74 Å². The average molecular weight is 424 g/mol. The highest BCUT2D eigenvalue weighted by Gasteiger charge is 2.28. The first-order chi connectivity index (χ1) is 14.7. The smallest absolute Gasteiger partial charge is 0.311 e. The molecular formula is C25H33N3O3. The van der Waals surface area contributed by atoms with Gasteiger partial charge in [0.1, 0.15) is 0 Å². The Hall–Kier alpha value is -3.02. The Balaban J connectivity index is 1.74. The van der Waals surface area contributed by atoms with E-state index < -0.39 is 5.41 Å². The summed E-state index contributed by atoms with van der Waals surface area (Å²) in [7, 11) is 4.03. The highest BCUT2D eigenvalue weighted by atomic mass is 16.5. The normalized spacial score (nSPS) is 14.0. The number of anilines is 2. The molecule has 31 heavy (non-hydrogen) atoms. The van der Waals surface area contributed by atoms with Crippen LogP contribution >= 0.6 is 0 Å². The summed E-state index contributed by atoms with van der Waals surface area (Å²) in [5.74, 6) is -0.674. The first-order valence-corrected chi connectivity index (χ1v) is 10.7. The van der Waals surface area contributed by atoms with Gasteiger partial charge in [-0.05, 0) is 56.5 Å². The lowest BCUT2D eigenvalue weighted by Gasteiger charge is -2.31. The van der Waals surface area contributed by atoms with E-state index in [-0.39, 0.29) is 24.5 Å². The van der Waals surface area contributed by atoms with Crippen LogP contribution in [0.4, 0.5) is 11.4 Å². The zero-order valence-corrected chi connectivity index (χ0v) is 19.1. The second kappa shape index (κ2) is 9.41. The molecule has 0 saturated heterocycles. The van der Waals surface area contributed by atoms with E-state index in [0.29, 0.717) is 6.54 Å². The average Bonchev–Trinajstić information content (AvgIpc) is 3.16. The summed E-state index contributed by atoms with van der Waals surface area (Å²) in [4.78, 5) is 28.8. The molecule has 0 fully saturated rings. The fourth-order valence-corrected chi connectivity index (χ4v) is 3.70. The number of rotatable bonds is 7. The fourth-order valence-electron chi connectivity index (χ4n) is 3.70. The Labute approximate surface area is 185 Å². The molecule has 1 N–H and O–H groups in total. The van der Waals surface area contributed by atoms with Gasteiger partial charge in [0.05, 0.1) is 11.5 Å². The maximum absolute atomic E-state index is 12.4. The Morgan fingerprint density at radius 3 is 2.42 bits per heavy atom. The lowest BCUT2D eigenvalue weighted by Crippen LogP contribution is -2.39. The number of carbonyl (C=O) groups excluding carboxylic acids is 2. The van der Waals surface area contributed by atoms with Crippen molar-refractivity contribution in [3.63, 3.8) is 0 Å². The molecule has 1 amide bonds. The lowest BCUT2D eigenvalue weighted by atomic mass is 9.97. The van der Waals surface area contributed by atoms with Crippen molar-refractivity contribution in [3.05, 3.63) is 59.7 Å². The van der Waals surface area contributed by atoms with Gasteiger partial charge < -0.3 is 19.9 Å². The molecule has 2 aromatic rings. The molecule has 0 aromatic heterocycles. The Bertz CT molecular complexity index is 916. The van der Waals surface area contributed by atoms with Crippen LogP contribution in [-0.4, -0.2) is 45.7 Å². The number of hydrogen-bond donors (Lipinski definition) is 1. The zero-order valence-electron chi connectivity index (χ0n) is 19.1. The van der Waals surface area contributed by atoms with Crippen molar-refractivity contribution >= 4 is 23.3 Å². The van der Waals surface area contributed by atoms with E-state index >= 15 is 0 Å². The van der Waals surface area contributed by atoms with Crippen molar-refractivity contribution < 1.29 is 14.3 Å². The molecule has 1 aliphatic heterocycles. The van der Waals surface area contributed by atoms with Crippen molar-refractivity contribution in [2.24, 2.45) is 5.41 Å². The van der Waals surface area contributed by atoms with Crippen LogP contribution in [0.1, 0.15) is 37.9 Å². The molecule has 6 heteroatoms. The third-order valence-corrected chi connectivity index (χ3v) is 5.53. The number of hydrogen-bond acceptors (Lipinski definition) is 5. The second-order valence-corrected chi connectivity index (χ2v) is 9.20. The number of amides is 1. The summed E-state index contributed by atoms with van der Waals surface area (Å²) in [6.45, 7) is 6.37. The van der Waals surface area contributed by atoms with Crippen LogP contribution in [0, 0.1) is 5.41 Å². The van der Waals surface area contributed by atoms with E-state index in [1.807, 2.05) is 20.2 Å². The van der Waals surface area contributed by atoms with Crippen LogP contribution in [0.2, 0.25) is 0 Å². The van der Waals surface area contributed by atoms with E-state index in [2.05, 4.69) is 57.6 Å². The largest absolute Gasteiger partial charge is 0.455 e.